The van der Waals surface area contributed by atoms with Crippen LogP contribution in [0.25, 0.3) is 44.7 Å². The Morgan fingerprint density at radius 2 is 1.77 bits per heavy atom. The fourth-order valence-corrected chi connectivity index (χ4v) is 4.66. The van der Waals surface area contributed by atoms with Gasteiger partial charge in [-0.1, -0.05) is 0 Å². The van der Waals surface area contributed by atoms with Crippen molar-refractivity contribution in [3.05, 3.63) is 73.1 Å². The van der Waals surface area contributed by atoms with Crippen molar-refractivity contribution in [2.45, 2.75) is 12.8 Å². The normalized spacial score (nSPS) is 14.1. The van der Waals surface area contributed by atoms with Crippen molar-refractivity contribution < 1.29 is 9.13 Å². The van der Waals surface area contributed by atoms with E-state index >= 15 is 0 Å². The van der Waals surface area contributed by atoms with Crippen molar-refractivity contribution >= 4 is 10.9 Å². The van der Waals surface area contributed by atoms with Gasteiger partial charge < -0.3 is 9.72 Å². The first-order chi connectivity index (χ1) is 17.2. The maximum Gasteiger partial charge on any atom is 0.127 e. The average molecular weight is 469 g/mol. The predicted molar refractivity (Wildman–Crippen MR) is 133 cm³/mol. The summed E-state index contributed by atoms with van der Waals surface area (Å²) < 4.78 is 20.5. The van der Waals surface area contributed by atoms with E-state index in [1.165, 1.54) is 25.0 Å². The van der Waals surface area contributed by atoms with Crippen LogP contribution in [0.15, 0.2) is 67.3 Å². The highest BCUT2D eigenvalue weighted by Gasteiger charge is 2.14. The zero-order chi connectivity index (χ0) is 23.6. The van der Waals surface area contributed by atoms with Crippen LogP contribution in [0.1, 0.15) is 12.8 Å². The van der Waals surface area contributed by atoms with E-state index in [9.17, 15) is 4.39 Å². The van der Waals surface area contributed by atoms with Crippen molar-refractivity contribution in [1.82, 2.24) is 30.0 Å². The van der Waals surface area contributed by atoms with E-state index in [0.29, 0.717) is 12.4 Å². The van der Waals surface area contributed by atoms with Crippen LogP contribution in [0.4, 0.5) is 4.39 Å². The number of nitrogens with zero attached hydrogens (tertiary/aromatic N) is 4. The molecule has 1 aliphatic heterocycles. The number of halogens is 1. The SMILES string of the molecule is Fc1cc(OCCN2CCCC2)cc(-c2cncc3[nH]c(-c4cc(-c5ccncc5)n[nH]4)cc23)c1. The molecule has 7 nitrogen and oxygen atoms in total. The van der Waals surface area contributed by atoms with Gasteiger partial charge in [-0.15, -0.1) is 0 Å². The van der Waals surface area contributed by atoms with Crippen LogP contribution >= 0.6 is 0 Å². The van der Waals surface area contributed by atoms with Gasteiger partial charge in [-0.25, -0.2) is 4.39 Å². The number of aromatic amines is 2. The zero-order valence-corrected chi connectivity index (χ0v) is 19.2. The third-order valence-corrected chi connectivity index (χ3v) is 6.45. The Kier molecular flexibility index (Phi) is 5.71. The lowest BCUT2D eigenvalue weighted by Gasteiger charge is -2.15. The van der Waals surface area contributed by atoms with Crippen molar-refractivity contribution in [1.29, 1.82) is 0 Å². The van der Waals surface area contributed by atoms with E-state index in [1.54, 1.807) is 24.8 Å². The highest BCUT2D eigenvalue weighted by Crippen LogP contribution is 2.34. The molecule has 1 saturated heterocycles. The third-order valence-electron chi connectivity index (χ3n) is 6.45. The monoisotopic (exact) mass is 468 g/mol. The van der Waals surface area contributed by atoms with Gasteiger partial charge in [0.25, 0.3) is 0 Å². The molecule has 5 heterocycles. The number of H-pyrrole nitrogens is 2. The second-order valence-corrected chi connectivity index (χ2v) is 8.81. The highest BCUT2D eigenvalue weighted by atomic mass is 19.1. The molecule has 176 valence electrons. The van der Waals surface area contributed by atoms with E-state index in [-0.39, 0.29) is 5.82 Å². The summed E-state index contributed by atoms with van der Waals surface area (Å²) in [5.41, 5.74) is 5.97. The molecule has 35 heavy (non-hydrogen) atoms. The summed E-state index contributed by atoms with van der Waals surface area (Å²) >= 11 is 0. The summed E-state index contributed by atoms with van der Waals surface area (Å²) in [6, 6.07) is 12.7. The molecule has 0 radical (unpaired) electrons. The quantitative estimate of drug-likeness (QED) is 0.339. The predicted octanol–water partition coefficient (Wildman–Crippen LogP) is 5.30. The lowest BCUT2D eigenvalue weighted by Crippen LogP contribution is -2.25. The summed E-state index contributed by atoms with van der Waals surface area (Å²) in [5, 5.41) is 8.48. The first-order valence-electron chi connectivity index (χ1n) is 11.8. The minimum absolute atomic E-state index is 0.331. The first kappa shape index (κ1) is 21.5. The summed E-state index contributed by atoms with van der Waals surface area (Å²) in [7, 11) is 0. The highest BCUT2D eigenvalue weighted by molar-refractivity contribution is 5.97. The second kappa shape index (κ2) is 9.31. The number of hydrogen-bond acceptors (Lipinski definition) is 5. The van der Waals surface area contributed by atoms with Crippen LogP contribution in [0.2, 0.25) is 0 Å². The van der Waals surface area contributed by atoms with Gasteiger partial charge in [0.05, 0.1) is 28.8 Å². The summed E-state index contributed by atoms with van der Waals surface area (Å²) in [4.78, 5) is 14.2. The fraction of sp³-hybridized carbons (Fsp3) is 0.222. The summed E-state index contributed by atoms with van der Waals surface area (Å²) in [6.45, 7) is 3.62. The molecule has 1 aromatic carbocycles. The molecule has 5 aromatic rings. The Morgan fingerprint density at radius 3 is 2.63 bits per heavy atom. The zero-order valence-electron chi connectivity index (χ0n) is 19.2. The van der Waals surface area contributed by atoms with Crippen molar-refractivity contribution in [2.24, 2.45) is 0 Å². The van der Waals surface area contributed by atoms with Gasteiger partial charge >= 0.3 is 0 Å². The van der Waals surface area contributed by atoms with Gasteiger partial charge in [-0.2, -0.15) is 5.10 Å². The van der Waals surface area contributed by atoms with E-state index in [0.717, 1.165) is 64.3 Å². The topological polar surface area (TPSA) is 82.7 Å². The van der Waals surface area contributed by atoms with Gasteiger partial charge in [-0.05, 0) is 67.9 Å². The van der Waals surface area contributed by atoms with Crippen LogP contribution in [0, 0.1) is 5.82 Å². The molecule has 0 bridgehead atoms. The van der Waals surface area contributed by atoms with Gasteiger partial charge in [0.15, 0.2) is 0 Å². The van der Waals surface area contributed by atoms with Crippen LogP contribution in [-0.2, 0) is 0 Å². The molecular formula is C27H25FN6O. The Labute approximate surface area is 202 Å². The number of likely N-dealkylation sites (tertiary alicyclic amines) is 1. The maximum absolute atomic E-state index is 14.5. The minimum Gasteiger partial charge on any atom is -0.492 e. The molecule has 6 rings (SSSR count). The lowest BCUT2D eigenvalue weighted by molar-refractivity contribution is 0.237. The largest absolute Gasteiger partial charge is 0.492 e. The van der Waals surface area contributed by atoms with E-state index in [4.69, 9.17) is 4.74 Å². The van der Waals surface area contributed by atoms with E-state index < -0.39 is 0 Å². The Hall–Kier alpha value is -4.04. The molecule has 8 heteroatoms. The molecular weight excluding hydrogens is 443 g/mol. The molecule has 0 aliphatic carbocycles. The fourth-order valence-electron chi connectivity index (χ4n) is 4.66. The maximum atomic E-state index is 14.5. The van der Waals surface area contributed by atoms with Crippen molar-refractivity contribution in [2.75, 3.05) is 26.2 Å². The van der Waals surface area contributed by atoms with Gasteiger partial charge in [0, 0.05) is 47.7 Å². The van der Waals surface area contributed by atoms with Crippen LogP contribution in [-0.4, -0.2) is 56.3 Å². The molecule has 0 saturated carbocycles. The number of hydrogen-bond donors (Lipinski definition) is 2. The standard InChI is InChI=1S/C27H25FN6O/c28-20-11-19(12-21(13-20)35-10-9-34-7-1-2-8-34)23-16-30-17-27-22(23)14-25(31-27)26-15-24(32-33-26)18-3-5-29-6-4-18/h3-6,11-17,31H,1-2,7-10H2,(H,32,33). The minimum atomic E-state index is -0.331. The molecule has 0 spiro atoms. The van der Waals surface area contributed by atoms with Crippen LogP contribution in [0.5, 0.6) is 5.75 Å². The Bertz CT molecular complexity index is 1460. The third kappa shape index (κ3) is 4.52. The molecule has 1 aliphatic rings. The number of rotatable bonds is 7. The number of fused-ring (bicyclic) bond motifs is 1. The molecule has 4 aromatic heterocycles. The molecule has 2 N–H and O–H groups in total. The van der Waals surface area contributed by atoms with Crippen LogP contribution < -0.4 is 4.74 Å². The molecule has 0 atom stereocenters. The smallest absolute Gasteiger partial charge is 0.127 e. The van der Waals surface area contributed by atoms with Gasteiger partial charge in [0.2, 0.25) is 0 Å². The Morgan fingerprint density at radius 1 is 0.914 bits per heavy atom. The number of pyridine rings is 2. The number of aromatic nitrogens is 5. The Balaban J connectivity index is 1.29. The van der Waals surface area contributed by atoms with E-state index in [2.05, 4.69) is 30.0 Å². The molecule has 0 unspecified atom stereocenters. The average Bonchev–Trinajstić information content (AvgIpc) is 3.64. The van der Waals surface area contributed by atoms with Gasteiger partial charge in [0.1, 0.15) is 18.2 Å². The number of benzene rings is 1. The molecule has 1 fully saturated rings. The van der Waals surface area contributed by atoms with E-state index in [1.807, 2.05) is 30.3 Å². The number of ether oxygens (including phenoxy) is 1. The first-order valence-corrected chi connectivity index (χ1v) is 11.8. The summed E-state index contributed by atoms with van der Waals surface area (Å²) in [6.07, 6.45) is 9.50. The second-order valence-electron chi connectivity index (χ2n) is 8.81. The number of nitrogens with one attached hydrogen (secondary N) is 2. The summed E-state index contributed by atoms with van der Waals surface area (Å²) in [5.74, 6) is 0.199. The molecule has 0 amide bonds. The van der Waals surface area contributed by atoms with Gasteiger partial charge in [-0.3, -0.25) is 20.0 Å². The van der Waals surface area contributed by atoms with Crippen molar-refractivity contribution in [3.63, 3.8) is 0 Å². The van der Waals surface area contributed by atoms with Crippen LogP contribution in [0.3, 0.4) is 0 Å². The lowest BCUT2D eigenvalue weighted by atomic mass is 10.0. The van der Waals surface area contributed by atoms with Crippen molar-refractivity contribution in [3.8, 4) is 39.5 Å².